The Kier molecular flexibility index (Phi) is 4.76. The number of benzene rings is 1. The number of amides is 2. The van der Waals surface area contributed by atoms with Crippen molar-refractivity contribution in [2.75, 3.05) is 6.54 Å². The summed E-state index contributed by atoms with van der Waals surface area (Å²) in [4.78, 5) is 36.9. The van der Waals surface area contributed by atoms with Crippen molar-refractivity contribution >= 4 is 35.0 Å². The van der Waals surface area contributed by atoms with Gasteiger partial charge in [0.2, 0.25) is 0 Å². The zero-order valence-corrected chi connectivity index (χ0v) is 14.3. The van der Waals surface area contributed by atoms with Crippen LogP contribution in [0.4, 0.5) is 4.79 Å². The molecule has 0 spiro atoms. The molecule has 0 atom stereocenters. The number of hydrogen-bond acceptors (Lipinski definition) is 4. The third-order valence-corrected chi connectivity index (χ3v) is 4.68. The van der Waals surface area contributed by atoms with E-state index in [0.29, 0.717) is 11.4 Å². The molecule has 0 bridgehead atoms. The molecular weight excluding hydrogens is 340 g/mol. The zero-order valence-electron chi connectivity index (χ0n) is 13.5. The van der Waals surface area contributed by atoms with Gasteiger partial charge in [0.1, 0.15) is 0 Å². The molecule has 1 aliphatic heterocycles. The predicted octanol–water partition coefficient (Wildman–Crippen LogP) is 3.62. The van der Waals surface area contributed by atoms with Crippen LogP contribution < -0.4 is 0 Å². The highest BCUT2D eigenvalue weighted by atomic mass is 32.2. The Morgan fingerprint density at radius 1 is 1.20 bits per heavy atom. The molecule has 2 heterocycles. The van der Waals surface area contributed by atoms with Gasteiger partial charge in [-0.1, -0.05) is 6.92 Å². The number of imide groups is 1. The number of hydrogen-bond donors (Lipinski definition) is 1. The summed E-state index contributed by atoms with van der Waals surface area (Å²) in [5, 5.41) is 8.73. The largest absolute Gasteiger partial charge is 0.478 e. The van der Waals surface area contributed by atoms with Crippen LogP contribution in [0.1, 0.15) is 29.4 Å². The van der Waals surface area contributed by atoms with E-state index in [2.05, 4.69) is 0 Å². The Labute approximate surface area is 148 Å². The van der Waals surface area contributed by atoms with Gasteiger partial charge in [-0.05, 0) is 60.7 Å². The Bertz CT molecular complexity index is 867. The minimum atomic E-state index is -0.983. The van der Waals surface area contributed by atoms with Crippen LogP contribution in [0.15, 0.2) is 47.5 Å². The summed E-state index contributed by atoms with van der Waals surface area (Å²) >= 11 is 0.938. The lowest BCUT2D eigenvalue weighted by atomic mass is 10.2. The topological polar surface area (TPSA) is 79.6 Å². The van der Waals surface area contributed by atoms with E-state index in [1.54, 1.807) is 18.2 Å². The molecule has 1 saturated heterocycles. The average molecular weight is 356 g/mol. The second-order valence-corrected chi connectivity index (χ2v) is 6.48. The Morgan fingerprint density at radius 2 is 1.92 bits per heavy atom. The fourth-order valence-electron chi connectivity index (χ4n) is 2.56. The molecule has 1 aromatic heterocycles. The number of rotatable bonds is 5. The smallest absolute Gasteiger partial charge is 0.335 e. The van der Waals surface area contributed by atoms with E-state index in [-0.39, 0.29) is 16.7 Å². The summed E-state index contributed by atoms with van der Waals surface area (Å²) in [5.74, 6) is -1.25. The maximum Gasteiger partial charge on any atom is 0.335 e. The van der Waals surface area contributed by atoms with Crippen LogP contribution in [-0.2, 0) is 4.79 Å². The first-order valence-electron chi connectivity index (χ1n) is 7.77. The van der Waals surface area contributed by atoms with E-state index in [1.165, 1.54) is 17.0 Å². The molecule has 1 N–H and O–H groups in total. The Hall–Kier alpha value is -2.80. The molecule has 1 fully saturated rings. The first kappa shape index (κ1) is 17.0. The summed E-state index contributed by atoms with van der Waals surface area (Å²) in [6.07, 6.45) is 4.22. The number of nitrogens with zero attached hydrogens (tertiary/aromatic N) is 2. The third-order valence-electron chi connectivity index (χ3n) is 3.77. The van der Waals surface area contributed by atoms with Crippen LogP contribution in [0.5, 0.6) is 0 Å². The quantitative estimate of drug-likeness (QED) is 0.828. The number of carbonyl (C=O) groups is 3. The van der Waals surface area contributed by atoms with Crippen molar-refractivity contribution in [3.8, 4) is 5.69 Å². The van der Waals surface area contributed by atoms with Gasteiger partial charge in [-0.2, -0.15) is 0 Å². The molecule has 128 valence electrons. The number of aromatic carboxylic acids is 1. The van der Waals surface area contributed by atoms with Gasteiger partial charge in [0.25, 0.3) is 11.1 Å². The zero-order chi connectivity index (χ0) is 18.0. The number of aromatic nitrogens is 1. The van der Waals surface area contributed by atoms with Gasteiger partial charge in [-0.25, -0.2) is 4.79 Å². The van der Waals surface area contributed by atoms with E-state index in [1.807, 2.05) is 29.8 Å². The van der Waals surface area contributed by atoms with E-state index >= 15 is 0 Å². The van der Waals surface area contributed by atoms with Crippen molar-refractivity contribution < 1.29 is 19.5 Å². The second kappa shape index (κ2) is 6.98. The molecule has 7 heteroatoms. The summed E-state index contributed by atoms with van der Waals surface area (Å²) in [6, 6.07) is 10.1. The lowest BCUT2D eigenvalue weighted by Gasteiger charge is -2.10. The van der Waals surface area contributed by atoms with Gasteiger partial charge in [0.05, 0.1) is 10.5 Å². The molecule has 0 aliphatic carbocycles. The van der Waals surface area contributed by atoms with Gasteiger partial charge in [-0.15, -0.1) is 0 Å². The SMILES string of the molecule is CCCN1C(=O)S/C(=C/c2cccn2-c2ccc(C(=O)O)cc2)C1=O. The van der Waals surface area contributed by atoms with Crippen molar-refractivity contribution in [3.05, 3.63) is 58.8 Å². The van der Waals surface area contributed by atoms with Crippen LogP contribution >= 0.6 is 11.8 Å². The summed E-state index contributed by atoms with van der Waals surface area (Å²) in [5.41, 5.74) is 1.72. The van der Waals surface area contributed by atoms with Crippen LogP contribution in [-0.4, -0.2) is 38.2 Å². The lowest BCUT2D eigenvalue weighted by Crippen LogP contribution is -2.28. The van der Waals surface area contributed by atoms with Crippen molar-refractivity contribution in [2.45, 2.75) is 13.3 Å². The highest BCUT2D eigenvalue weighted by Gasteiger charge is 2.34. The van der Waals surface area contributed by atoms with Crippen molar-refractivity contribution in [1.82, 2.24) is 9.47 Å². The first-order valence-corrected chi connectivity index (χ1v) is 8.59. The summed E-state index contributed by atoms with van der Waals surface area (Å²) in [7, 11) is 0. The number of carboxylic acids is 1. The molecule has 2 amide bonds. The van der Waals surface area contributed by atoms with Crippen LogP contribution in [0.3, 0.4) is 0 Å². The van der Waals surface area contributed by atoms with Gasteiger partial charge < -0.3 is 9.67 Å². The first-order chi connectivity index (χ1) is 12.0. The normalized spacial score (nSPS) is 16.0. The number of thioether (sulfide) groups is 1. The van der Waals surface area contributed by atoms with Gasteiger partial charge in [0.15, 0.2) is 0 Å². The van der Waals surface area contributed by atoms with Gasteiger partial charge >= 0.3 is 5.97 Å². The highest BCUT2D eigenvalue weighted by Crippen LogP contribution is 2.32. The molecule has 0 saturated carbocycles. The van der Waals surface area contributed by atoms with Crippen molar-refractivity contribution in [3.63, 3.8) is 0 Å². The van der Waals surface area contributed by atoms with Crippen LogP contribution in [0, 0.1) is 0 Å². The molecule has 25 heavy (non-hydrogen) atoms. The van der Waals surface area contributed by atoms with E-state index in [9.17, 15) is 14.4 Å². The molecule has 0 radical (unpaired) electrons. The molecule has 1 aliphatic rings. The molecular formula is C18H16N2O4S. The average Bonchev–Trinajstić information content (AvgIpc) is 3.16. The fraction of sp³-hybridized carbons (Fsp3) is 0.167. The summed E-state index contributed by atoms with van der Waals surface area (Å²) in [6.45, 7) is 2.33. The minimum absolute atomic E-state index is 0.207. The van der Waals surface area contributed by atoms with Crippen LogP contribution in [0.2, 0.25) is 0 Å². The maximum atomic E-state index is 12.3. The minimum Gasteiger partial charge on any atom is -0.478 e. The third kappa shape index (κ3) is 3.36. The molecule has 6 nitrogen and oxygen atoms in total. The predicted molar refractivity (Wildman–Crippen MR) is 95.7 cm³/mol. The summed E-state index contributed by atoms with van der Waals surface area (Å²) < 4.78 is 1.83. The molecule has 2 aromatic rings. The second-order valence-electron chi connectivity index (χ2n) is 5.49. The van der Waals surface area contributed by atoms with E-state index < -0.39 is 5.97 Å². The Morgan fingerprint density at radius 3 is 2.56 bits per heavy atom. The monoisotopic (exact) mass is 356 g/mol. The fourth-order valence-corrected chi connectivity index (χ4v) is 3.41. The molecule has 3 rings (SSSR count). The molecule has 1 aromatic carbocycles. The molecule has 0 unspecified atom stereocenters. The lowest BCUT2D eigenvalue weighted by molar-refractivity contribution is -0.122. The van der Waals surface area contributed by atoms with Gasteiger partial charge in [0, 0.05) is 24.1 Å². The van der Waals surface area contributed by atoms with Crippen LogP contribution in [0.25, 0.3) is 11.8 Å². The number of carboxylic acid groups (broad SMARTS) is 1. The standard InChI is InChI=1S/C18H16N2O4S/c1-2-9-20-16(21)15(25-18(20)24)11-14-4-3-10-19(14)13-7-5-12(6-8-13)17(22)23/h3-8,10-11H,2,9H2,1H3,(H,22,23)/b15-11+. The highest BCUT2D eigenvalue weighted by molar-refractivity contribution is 8.18. The van der Waals surface area contributed by atoms with Crippen molar-refractivity contribution in [2.24, 2.45) is 0 Å². The van der Waals surface area contributed by atoms with Crippen molar-refractivity contribution in [1.29, 1.82) is 0 Å². The van der Waals surface area contributed by atoms with E-state index in [4.69, 9.17) is 5.11 Å². The van der Waals surface area contributed by atoms with Gasteiger partial charge in [-0.3, -0.25) is 14.5 Å². The van der Waals surface area contributed by atoms with E-state index in [0.717, 1.165) is 29.6 Å². The number of carbonyl (C=O) groups excluding carboxylic acids is 2. The maximum absolute atomic E-state index is 12.3. The Balaban J connectivity index is 1.91.